The number of amides is 2. The van der Waals surface area contributed by atoms with Gasteiger partial charge in [-0.1, -0.05) is 32.9 Å². The van der Waals surface area contributed by atoms with E-state index in [1.54, 1.807) is 17.0 Å². The van der Waals surface area contributed by atoms with Gasteiger partial charge in [0.05, 0.1) is 23.9 Å². The van der Waals surface area contributed by atoms with Crippen LogP contribution in [0.1, 0.15) is 63.9 Å². The molecule has 162 valence electrons. The Morgan fingerprint density at radius 1 is 1.17 bits per heavy atom. The van der Waals surface area contributed by atoms with E-state index >= 15 is 0 Å². The number of para-hydroxylation sites is 1. The van der Waals surface area contributed by atoms with Crippen LogP contribution in [0.15, 0.2) is 18.2 Å². The van der Waals surface area contributed by atoms with Gasteiger partial charge < -0.3 is 14.9 Å². The van der Waals surface area contributed by atoms with Crippen LogP contribution in [-0.4, -0.2) is 38.6 Å². The Labute approximate surface area is 175 Å². The first-order valence-electron chi connectivity index (χ1n) is 10.2. The summed E-state index contributed by atoms with van der Waals surface area (Å²) in [6.07, 6.45) is 1.01. The molecule has 1 heterocycles. The van der Waals surface area contributed by atoms with Gasteiger partial charge in [0.25, 0.3) is 5.91 Å². The molecule has 1 aliphatic rings. The van der Waals surface area contributed by atoms with Crippen molar-refractivity contribution in [2.45, 2.75) is 84.2 Å². The van der Waals surface area contributed by atoms with Crippen LogP contribution < -0.4 is 10.6 Å². The topological polar surface area (TPSA) is 81.9 Å². The van der Waals surface area contributed by atoms with Crippen LogP contribution in [0.25, 0.3) is 0 Å². The molecule has 2 amide bonds. The summed E-state index contributed by atoms with van der Waals surface area (Å²) in [7, 11) is -2.00. The molecule has 0 fully saturated rings. The Morgan fingerprint density at radius 3 is 2.31 bits per heavy atom. The number of nitrogens with zero attached hydrogens (tertiary/aromatic N) is 1. The van der Waals surface area contributed by atoms with E-state index < -0.39 is 25.9 Å². The van der Waals surface area contributed by atoms with Crippen molar-refractivity contribution < 1.29 is 18.8 Å². The Bertz CT molecular complexity index is 778. The van der Waals surface area contributed by atoms with Crippen LogP contribution in [0.2, 0.25) is 18.1 Å². The molecular formula is C22H36N2O4Si. The van der Waals surface area contributed by atoms with Gasteiger partial charge in [-0.15, -0.1) is 0 Å². The molecule has 1 aromatic carbocycles. The van der Waals surface area contributed by atoms with Gasteiger partial charge in [-0.05, 0) is 63.4 Å². The first kappa shape index (κ1) is 23.4. The van der Waals surface area contributed by atoms with Crippen molar-refractivity contribution in [2.75, 3.05) is 11.5 Å². The molecule has 0 saturated heterocycles. The average Bonchev–Trinajstić information content (AvgIpc) is 2.56. The summed E-state index contributed by atoms with van der Waals surface area (Å²) in [6, 6.07) is 5.19. The minimum atomic E-state index is -2.00. The van der Waals surface area contributed by atoms with E-state index in [1.807, 2.05) is 26.8 Å². The van der Waals surface area contributed by atoms with E-state index in [1.165, 1.54) is 0 Å². The quantitative estimate of drug-likeness (QED) is 0.705. The van der Waals surface area contributed by atoms with Gasteiger partial charge in [-0.2, -0.15) is 0 Å². The zero-order valence-corrected chi connectivity index (χ0v) is 20.1. The van der Waals surface area contributed by atoms with Gasteiger partial charge in [0.1, 0.15) is 5.60 Å². The van der Waals surface area contributed by atoms with E-state index in [4.69, 9.17) is 14.9 Å². The van der Waals surface area contributed by atoms with Crippen molar-refractivity contribution in [3.63, 3.8) is 0 Å². The number of benzene rings is 1. The van der Waals surface area contributed by atoms with Gasteiger partial charge in [0.15, 0.2) is 8.32 Å². The second-order valence-electron chi connectivity index (χ2n) is 10.3. The minimum Gasteiger partial charge on any atom is -0.443 e. The molecule has 1 atom stereocenters. The SMILES string of the molecule is CC(C)(C)OC(=O)N1c2c(cccc2C(N)=O)CCC1CO[Si](C)(C)C(C)(C)C. The summed E-state index contributed by atoms with van der Waals surface area (Å²) in [5, 5.41) is 0.0642. The minimum absolute atomic E-state index is 0.0642. The molecule has 2 rings (SSSR count). The lowest BCUT2D eigenvalue weighted by molar-refractivity contribution is 0.0546. The molecule has 29 heavy (non-hydrogen) atoms. The fraction of sp³-hybridized carbons (Fsp3) is 0.636. The summed E-state index contributed by atoms with van der Waals surface area (Å²) in [5.74, 6) is -0.554. The summed E-state index contributed by atoms with van der Waals surface area (Å²) in [4.78, 5) is 26.9. The van der Waals surface area contributed by atoms with Crippen LogP contribution in [0.5, 0.6) is 0 Å². The molecule has 1 unspecified atom stereocenters. The number of hydrogen-bond donors (Lipinski definition) is 1. The normalized spacial score (nSPS) is 17.7. The Morgan fingerprint density at radius 2 is 1.79 bits per heavy atom. The van der Waals surface area contributed by atoms with Crippen LogP contribution in [0, 0.1) is 0 Å². The van der Waals surface area contributed by atoms with Gasteiger partial charge >= 0.3 is 6.09 Å². The molecule has 0 bridgehead atoms. The number of anilines is 1. The highest BCUT2D eigenvalue weighted by molar-refractivity contribution is 6.74. The number of carbonyl (C=O) groups is 2. The number of hydrogen-bond acceptors (Lipinski definition) is 4. The maximum Gasteiger partial charge on any atom is 0.415 e. The largest absolute Gasteiger partial charge is 0.443 e. The maximum absolute atomic E-state index is 13.2. The van der Waals surface area contributed by atoms with Crippen molar-refractivity contribution in [2.24, 2.45) is 5.73 Å². The average molecular weight is 421 g/mol. The van der Waals surface area contributed by atoms with Crippen molar-refractivity contribution in [1.29, 1.82) is 0 Å². The molecule has 0 aromatic heterocycles. The van der Waals surface area contributed by atoms with E-state index in [0.717, 1.165) is 18.4 Å². The number of aryl methyl sites for hydroxylation is 1. The first-order chi connectivity index (χ1) is 13.1. The Balaban J connectivity index is 2.44. The van der Waals surface area contributed by atoms with Gasteiger partial charge in [0, 0.05) is 0 Å². The first-order valence-corrected chi connectivity index (χ1v) is 13.1. The van der Waals surface area contributed by atoms with Crippen LogP contribution in [-0.2, 0) is 15.6 Å². The number of ether oxygens (including phenoxy) is 1. The molecule has 7 heteroatoms. The molecule has 6 nitrogen and oxygen atoms in total. The number of rotatable bonds is 4. The number of fused-ring (bicyclic) bond motifs is 1. The van der Waals surface area contributed by atoms with E-state index in [0.29, 0.717) is 17.9 Å². The van der Waals surface area contributed by atoms with E-state index in [-0.39, 0.29) is 11.1 Å². The summed E-state index contributed by atoms with van der Waals surface area (Å²) >= 11 is 0. The van der Waals surface area contributed by atoms with Gasteiger partial charge in [-0.3, -0.25) is 9.69 Å². The van der Waals surface area contributed by atoms with Crippen LogP contribution in [0.4, 0.5) is 10.5 Å². The molecule has 0 radical (unpaired) electrons. The second kappa shape index (κ2) is 8.11. The molecule has 1 aliphatic heterocycles. The fourth-order valence-corrected chi connectivity index (χ4v) is 4.18. The predicted octanol–water partition coefficient (Wildman–Crippen LogP) is 4.86. The predicted molar refractivity (Wildman–Crippen MR) is 119 cm³/mol. The molecule has 1 aromatic rings. The number of carbonyl (C=O) groups excluding carboxylic acids is 2. The van der Waals surface area contributed by atoms with Crippen LogP contribution >= 0.6 is 0 Å². The molecule has 2 N–H and O–H groups in total. The monoisotopic (exact) mass is 420 g/mol. The summed E-state index contributed by atoms with van der Waals surface area (Å²) < 4.78 is 12.1. The second-order valence-corrected chi connectivity index (χ2v) is 15.1. The molecule has 0 spiro atoms. The molecular weight excluding hydrogens is 384 g/mol. The summed E-state index contributed by atoms with van der Waals surface area (Å²) in [5.41, 5.74) is 6.80. The van der Waals surface area contributed by atoms with Crippen LogP contribution in [0.3, 0.4) is 0 Å². The lowest BCUT2D eigenvalue weighted by Crippen LogP contribution is -2.51. The highest BCUT2D eigenvalue weighted by Gasteiger charge is 2.41. The standard InChI is InChI=1S/C22H36N2O4Si/c1-21(2,3)28-20(26)24-16(14-27-29(7,8)22(4,5)6)13-12-15-10-9-11-17(18(15)24)19(23)25/h9-11,16H,12-14H2,1-8H3,(H2,23,25). The van der Waals surface area contributed by atoms with Crippen molar-refractivity contribution in [1.82, 2.24) is 0 Å². The van der Waals surface area contributed by atoms with Gasteiger partial charge in [-0.25, -0.2) is 4.79 Å². The zero-order chi connectivity index (χ0) is 22.2. The van der Waals surface area contributed by atoms with E-state index in [2.05, 4.69) is 33.9 Å². The lowest BCUT2D eigenvalue weighted by Gasteiger charge is -2.42. The number of nitrogens with two attached hydrogens (primary N) is 1. The van der Waals surface area contributed by atoms with Crippen molar-refractivity contribution in [3.05, 3.63) is 29.3 Å². The van der Waals surface area contributed by atoms with Crippen molar-refractivity contribution >= 4 is 26.0 Å². The van der Waals surface area contributed by atoms with E-state index in [9.17, 15) is 9.59 Å². The lowest BCUT2D eigenvalue weighted by atomic mass is 9.93. The fourth-order valence-electron chi connectivity index (χ4n) is 3.14. The number of primary amides is 1. The maximum atomic E-state index is 13.2. The summed E-state index contributed by atoms with van der Waals surface area (Å²) in [6.45, 7) is 16.8. The molecule has 0 saturated carbocycles. The van der Waals surface area contributed by atoms with Gasteiger partial charge in [0.2, 0.25) is 0 Å². The third kappa shape index (κ3) is 5.39. The Kier molecular flexibility index (Phi) is 6.55. The highest BCUT2D eigenvalue weighted by Crippen LogP contribution is 2.39. The third-order valence-electron chi connectivity index (χ3n) is 5.77. The third-order valence-corrected chi connectivity index (χ3v) is 10.3. The van der Waals surface area contributed by atoms with Crippen molar-refractivity contribution in [3.8, 4) is 0 Å². The smallest absolute Gasteiger partial charge is 0.415 e. The Hall–Kier alpha value is -1.86. The zero-order valence-electron chi connectivity index (χ0n) is 19.1. The highest BCUT2D eigenvalue weighted by atomic mass is 28.4. The molecule has 0 aliphatic carbocycles.